The van der Waals surface area contributed by atoms with E-state index in [1.165, 1.54) is 0 Å². The molecule has 0 saturated carbocycles. The van der Waals surface area contributed by atoms with E-state index in [0.29, 0.717) is 19.5 Å². The van der Waals surface area contributed by atoms with Crippen molar-refractivity contribution < 1.29 is 4.79 Å². The molecule has 0 atom stereocenters. The summed E-state index contributed by atoms with van der Waals surface area (Å²) >= 11 is 0. The third-order valence-electron chi connectivity index (χ3n) is 3.13. The lowest BCUT2D eigenvalue weighted by atomic mass is 10.2. The highest BCUT2D eigenvalue weighted by Gasteiger charge is 2.16. The van der Waals surface area contributed by atoms with Crippen LogP contribution in [0.3, 0.4) is 0 Å². The lowest BCUT2D eigenvalue weighted by Gasteiger charge is -2.21. The molecule has 1 aromatic carbocycles. The van der Waals surface area contributed by atoms with E-state index in [-0.39, 0.29) is 5.91 Å². The van der Waals surface area contributed by atoms with Crippen LogP contribution in [-0.2, 0) is 4.79 Å². The molecule has 1 amide bonds. The maximum absolute atomic E-state index is 11.4. The summed E-state index contributed by atoms with van der Waals surface area (Å²) in [5.41, 5.74) is 0.936. The van der Waals surface area contributed by atoms with Crippen LogP contribution < -0.4 is 10.2 Å². The smallest absolute Gasteiger partial charge is 0.221 e. The molecule has 0 spiro atoms. The first-order chi connectivity index (χ1) is 8.84. The van der Waals surface area contributed by atoms with Gasteiger partial charge in [-0.1, -0.05) is 12.1 Å². The minimum absolute atomic E-state index is 0.107. The van der Waals surface area contributed by atoms with Gasteiger partial charge in [-0.15, -0.1) is 0 Å². The van der Waals surface area contributed by atoms with Gasteiger partial charge in [0, 0.05) is 31.4 Å². The molecular formula is C13H14N4O. The highest BCUT2D eigenvalue weighted by Crippen LogP contribution is 2.22. The second-order valence-electron chi connectivity index (χ2n) is 4.30. The number of para-hydroxylation sites is 1. The summed E-state index contributed by atoms with van der Waals surface area (Å²) in [4.78, 5) is 22.1. The van der Waals surface area contributed by atoms with Gasteiger partial charge in [0.05, 0.1) is 5.52 Å². The first-order valence-electron chi connectivity index (χ1n) is 6.06. The summed E-state index contributed by atoms with van der Waals surface area (Å²) in [6, 6.07) is 7.94. The van der Waals surface area contributed by atoms with Gasteiger partial charge in [-0.3, -0.25) is 4.79 Å². The number of benzene rings is 1. The van der Waals surface area contributed by atoms with Crippen molar-refractivity contribution in [3.05, 3.63) is 30.6 Å². The van der Waals surface area contributed by atoms with E-state index in [0.717, 1.165) is 23.3 Å². The zero-order chi connectivity index (χ0) is 12.4. The molecule has 1 N–H and O–H groups in total. The van der Waals surface area contributed by atoms with Crippen molar-refractivity contribution in [2.24, 2.45) is 0 Å². The molecule has 1 saturated heterocycles. The Morgan fingerprint density at radius 1 is 1.17 bits per heavy atom. The largest absolute Gasteiger partial charge is 0.354 e. The molecule has 1 aliphatic rings. The first kappa shape index (κ1) is 11.0. The summed E-state index contributed by atoms with van der Waals surface area (Å²) in [6.45, 7) is 2.15. The maximum Gasteiger partial charge on any atom is 0.221 e. The highest BCUT2D eigenvalue weighted by molar-refractivity contribution is 5.89. The highest BCUT2D eigenvalue weighted by atomic mass is 16.1. The van der Waals surface area contributed by atoms with Crippen LogP contribution in [0.2, 0.25) is 0 Å². The monoisotopic (exact) mass is 242 g/mol. The van der Waals surface area contributed by atoms with Crippen molar-refractivity contribution in [1.82, 2.24) is 15.3 Å². The predicted molar refractivity (Wildman–Crippen MR) is 69.4 cm³/mol. The predicted octanol–water partition coefficient (Wildman–Crippen LogP) is 0.956. The maximum atomic E-state index is 11.4. The number of nitrogens with zero attached hydrogens (tertiary/aromatic N) is 3. The molecule has 1 fully saturated rings. The van der Waals surface area contributed by atoms with E-state index in [1.54, 1.807) is 6.33 Å². The number of hydrogen-bond acceptors (Lipinski definition) is 4. The Labute approximate surface area is 105 Å². The zero-order valence-electron chi connectivity index (χ0n) is 9.97. The van der Waals surface area contributed by atoms with Crippen LogP contribution in [0.4, 0.5) is 5.82 Å². The quantitative estimate of drug-likeness (QED) is 0.809. The Morgan fingerprint density at radius 3 is 3.00 bits per heavy atom. The third kappa shape index (κ3) is 1.99. The molecule has 1 aromatic heterocycles. The van der Waals surface area contributed by atoms with Crippen LogP contribution in [0.25, 0.3) is 10.9 Å². The summed E-state index contributed by atoms with van der Waals surface area (Å²) < 4.78 is 0. The molecular weight excluding hydrogens is 228 g/mol. The van der Waals surface area contributed by atoms with E-state index in [4.69, 9.17) is 0 Å². The number of carbonyl (C=O) groups excluding carboxylic acids is 1. The molecule has 0 unspecified atom stereocenters. The fourth-order valence-corrected chi connectivity index (χ4v) is 2.22. The lowest BCUT2D eigenvalue weighted by molar-refractivity contribution is -0.120. The summed E-state index contributed by atoms with van der Waals surface area (Å²) in [7, 11) is 0. The molecule has 2 aromatic rings. The second kappa shape index (κ2) is 4.60. The van der Waals surface area contributed by atoms with E-state index in [2.05, 4.69) is 20.2 Å². The zero-order valence-corrected chi connectivity index (χ0v) is 9.97. The van der Waals surface area contributed by atoms with Crippen molar-refractivity contribution in [2.75, 3.05) is 24.5 Å². The molecule has 1 aliphatic heterocycles. The number of aromatic nitrogens is 2. The van der Waals surface area contributed by atoms with E-state index in [1.807, 2.05) is 24.3 Å². The van der Waals surface area contributed by atoms with Crippen LogP contribution in [0, 0.1) is 0 Å². The Kier molecular flexibility index (Phi) is 2.80. The van der Waals surface area contributed by atoms with Crippen LogP contribution in [0.15, 0.2) is 30.6 Å². The van der Waals surface area contributed by atoms with Crippen LogP contribution in [0.1, 0.15) is 6.42 Å². The number of carbonyl (C=O) groups is 1. The van der Waals surface area contributed by atoms with Crippen molar-refractivity contribution in [1.29, 1.82) is 0 Å². The molecule has 18 heavy (non-hydrogen) atoms. The molecule has 3 rings (SSSR count). The van der Waals surface area contributed by atoms with Gasteiger partial charge in [-0.05, 0) is 12.1 Å². The van der Waals surface area contributed by atoms with Gasteiger partial charge in [0.1, 0.15) is 12.1 Å². The first-order valence-corrected chi connectivity index (χ1v) is 6.06. The van der Waals surface area contributed by atoms with Gasteiger partial charge in [0.15, 0.2) is 0 Å². The molecule has 0 radical (unpaired) electrons. The average Bonchev–Trinajstić information content (AvgIpc) is 2.63. The molecule has 5 heteroatoms. The van der Waals surface area contributed by atoms with Gasteiger partial charge in [0.2, 0.25) is 5.91 Å². The standard InChI is InChI=1S/C13H14N4O/c18-12-5-7-17(8-6-14-12)13-10-3-1-2-4-11(10)15-9-16-13/h1-4,9H,5-8H2,(H,14,18). The lowest BCUT2D eigenvalue weighted by Crippen LogP contribution is -2.29. The van der Waals surface area contributed by atoms with Gasteiger partial charge in [0.25, 0.3) is 0 Å². The third-order valence-corrected chi connectivity index (χ3v) is 3.13. The Hall–Kier alpha value is -2.17. The van der Waals surface area contributed by atoms with Gasteiger partial charge >= 0.3 is 0 Å². The minimum atomic E-state index is 0.107. The SMILES string of the molecule is O=C1CCN(c2ncnc3ccccc23)CCN1. The van der Waals surface area contributed by atoms with Crippen molar-refractivity contribution >= 4 is 22.6 Å². The average molecular weight is 242 g/mol. The molecule has 5 nitrogen and oxygen atoms in total. The Morgan fingerprint density at radius 2 is 2.06 bits per heavy atom. The van der Waals surface area contributed by atoms with Crippen molar-refractivity contribution in [2.45, 2.75) is 6.42 Å². The number of amides is 1. The number of rotatable bonds is 1. The number of anilines is 1. The van der Waals surface area contributed by atoms with Crippen LogP contribution in [0.5, 0.6) is 0 Å². The van der Waals surface area contributed by atoms with Crippen LogP contribution in [-0.4, -0.2) is 35.5 Å². The van der Waals surface area contributed by atoms with Crippen molar-refractivity contribution in [3.63, 3.8) is 0 Å². The number of hydrogen-bond donors (Lipinski definition) is 1. The van der Waals surface area contributed by atoms with Gasteiger partial charge in [-0.25, -0.2) is 9.97 Å². The second-order valence-corrected chi connectivity index (χ2v) is 4.30. The number of fused-ring (bicyclic) bond motifs is 1. The molecule has 2 heterocycles. The summed E-state index contributed by atoms with van der Waals surface area (Å²) in [6.07, 6.45) is 2.09. The van der Waals surface area contributed by atoms with Crippen molar-refractivity contribution in [3.8, 4) is 0 Å². The Bertz CT molecular complexity index is 579. The van der Waals surface area contributed by atoms with E-state index < -0.39 is 0 Å². The molecule has 0 bridgehead atoms. The van der Waals surface area contributed by atoms with E-state index in [9.17, 15) is 4.79 Å². The molecule has 0 aliphatic carbocycles. The Balaban J connectivity index is 2.00. The number of nitrogens with one attached hydrogen (secondary N) is 1. The minimum Gasteiger partial charge on any atom is -0.354 e. The fraction of sp³-hybridized carbons (Fsp3) is 0.308. The fourth-order valence-electron chi connectivity index (χ4n) is 2.22. The van der Waals surface area contributed by atoms with Gasteiger partial charge in [-0.2, -0.15) is 0 Å². The van der Waals surface area contributed by atoms with Crippen LogP contribution >= 0.6 is 0 Å². The van der Waals surface area contributed by atoms with E-state index >= 15 is 0 Å². The van der Waals surface area contributed by atoms with Gasteiger partial charge < -0.3 is 10.2 Å². The topological polar surface area (TPSA) is 58.1 Å². The summed E-state index contributed by atoms with van der Waals surface area (Å²) in [5.74, 6) is 1.02. The summed E-state index contributed by atoms with van der Waals surface area (Å²) in [5, 5.41) is 3.90. The normalized spacial score (nSPS) is 16.4. The molecule has 92 valence electrons.